The molecule has 3 heteroatoms. The van der Waals surface area contributed by atoms with Gasteiger partial charge in [-0.15, -0.1) is 0 Å². The first-order valence-corrected chi connectivity index (χ1v) is 6.34. The topological polar surface area (TPSA) is 24.1 Å². The van der Waals surface area contributed by atoms with Crippen molar-refractivity contribution in [2.75, 3.05) is 5.32 Å². The van der Waals surface area contributed by atoms with E-state index in [0.717, 1.165) is 5.69 Å². The normalized spacial score (nSPS) is 13.0. The second kappa shape index (κ2) is 5.50. The molecule has 17 heavy (non-hydrogen) atoms. The van der Waals surface area contributed by atoms with Crippen LogP contribution in [-0.2, 0) is 0 Å². The van der Waals surface area contributed by atoms with Crippen LogP contribution in [-0.4, -0.2) is 11.2 Å². The highest BCUT2D eigenvalue weighted by molar-refractivity contribution is 7.80. The Balaban J connectivity index is 2.60. The molecule has 0 radical (unpaired) electrons. The molecule has 1 aromatic carbocycles. The fourth-order valence-corrected chi connectivity index (χ4v) is 1.57. The van der Waals surface area contributed by atoms with E-state index in [2.05, 4.69) is 51.3 Å². The van der Waals surface area contributed by atoms with Crippen LogP contribution in [0, 0.1) is 12.3 Å². The van der Waals surface area contributed by atoms with Crippen molar-refractivity contribution < 1.29 is 0 Å². The first-order chi connectivity index (χ1) is 7.80. The number of anilines is 1. The predicted molar refractivity (Wildman–Crippen MR) is 79.5 cm³/mol. The van der Waals surface area contributed by atoms with E-state index in [1.54, 1.807) is 0 Å². The Hall–Kier alpha value is -1.09. The Morgan fingerprint density at radius 1 is 1.24 bits per heavy atom. The van der Waals surface area contributed by atoms with Gasteiger partial charge in [-0.25, -0.2) is 0 Å². The van der Waals surface area contributed by atoms with Crippen molar-refractivity contribution in [3.63, 3.8) is 0 Å². The van der Waals surface area contributed by atoms with E-state index in [0.29, 0.717) is 11.2 Å². The lowest BCUT2D eigenvalue weighted by atomic mass is 9.88. The second-order valence-electron chi connectivity index (χ2n) is 5.50. The van der Waals surface area contributed by atoms with Gasteiger partial charge in [-0.3, -0.25) is 0 Å². The van der Waals surface area contributed by atoms with Crippen LogP contribution in [0.2, 0.25) is 0 Å². The van der Waals surface area contributed by atoms with Crippen molar-refractivity contribution in [3.05, 3.63) is 29.8 Å². The molecule has 94 valence electrons. The minimum absolute atomic E-state index is 0.192. The lowest BCUT2D eigenvalue weighted by Gasteiger charge is -2.29. The summed E-state index contributed by atoms with van der Waals surface area (Å²) in [7, 11) is 0. The van der Waals surface area contributed by atoms with Crippen molar-refractivity contribution in [3.8, 4) is 0 Å². The number of hydrogen-bond acceptors (Lipinski definition) is 1. The molecule has 0 amide bonds. The van der Waals surface area contributed by atoms with Gasteiger partial charge < -0.3 is 10.6 Å². The lowest BCUT2D eigenvalue weighted by molar-refractivity contribution is 0.317. The Kier molecular flexibility index (Phi) is 4.52. The summed E-state index contributed by atoms with van der Waals surface area (Å²) in [4.78, 5) is 0. The van der Waals surface area contributed by atoms with Crippen molar-refractivity contribution in [2.45, 2.75) is 40.7 Å². The number of aryl methyl sites for hydroxylation is 1. The molecule has 0 bridgehead atoms. The van der Waals surface area contributed by atoms with E-state index in [9.17, 15) is 0 Å². The van der Waals surface area contributed by atoms with Crippen molar-refractivity contribution in [1.29, 1.82) is 0 Å². The van der Waals surface area contributed by atoms with Gasteiger partial charge in [-0.05, 0) is 43.1 Å². The molecule has 0 aliphatic carbocycles. The molecule has 0 saturated heterocycles. The smallest absolute Gasteiger partial charge is 0.171 e. The number of benzene rings is 1. The van der Waals surface area contributed by atoms with Crippen molar-refractivity contribution in [1.82, 2.24) is 5.32 Å². The van der Waals surface area contributed by atoms with E-state index >= 15 is 0 Å². The van der Waals surface area contributed by atoms with Gasteiger partial charge in [0.25, 0.3) is 0 Å². The van der Waals surface area contributed by atoms with Gasteiger partial charge in [-0.2, -0.15) is 0 Å². The predicted octanol–water partition coefficient (Wildman–Crippen LogP) is 3.72. The zero-order valence-corrected chi connectivity index (χ0v) is 12.1. The maximum absolute atomic E-state index is 5.32. The average molecular weight is 250 g/mol. The maximum atomic E-state index is 5.32. The fourth-order valence-electron chi connectivity index (χ4n) is 1.28. The summed E-state index contributed by atoms with van der Waals surface area (Å²) in [6, 6.07) is 8.45. The molecule has 0 aliphatic heterocycles. The van der Waals surface area contributed by atoms with Crippen molar-refractivity contribution >= 4 is 23.0 Å². The van der Waals surface area contributed by atoms with E-state index in [1.165, 1.54) is 5.56 Å². The van der Waals surface area contributed by atoms with E-state index < -0.39 is 0 Å². The molecule has 0 aromatic heterocycles. The highest BCUT2D eigenvalue weighted by Gasteiger charge is 2.20. The van der Waals surface area contributed by atoms with Crippen LogP contribution >= 0.6 is 12.2 Å². The molecule has 0 fully saturated rings. The average Bonchev–Trinajstić information content (AvgIpc) is 2.20. The van der Waals surface area contributed by atoms with Crippen LogP contribution in [0.3, 0.4) is 0 Å². The Morgan fingerprint density at radius 3 is 2.35 bits per heavy atom. The molecule has 0 spiro atoms. The molecule has 1 rings (SSSR count). The largest absolute Gasteiger partial charge is 0.359 e. The molecule has 1 unspecified atom stereocenters. The summed E-state index contributed by atoms with van der Waals surface area (Å²) >= 11 is 5.32. The number of rotatable bonds is 2. The van der Waals surface area contributed by atoms with Gasteiger partial charge in [0.15, 0.2) is 5.11 Å². The third-order valence-electron chi connectivity index (χ3n) is 3.04. The molecule has 2 N–H and O–H groups in total. The van der Waals surface area contributed by atoms with Crippen molar-refractivity contribution in [2.24, 2.45) is 5.41 Å². The Morgan fingerprint density at radius 2 is 1.82 bits per heavy atom. The minimum Gasteiger partial charge on any atom is -0.359 e. The zero-order chi connectivity index (χ0) is 13.1. The molecular formula is C14H22N2S. The molecule has 0 aliphatic rings. The number of thiocarbonyl (C=S) groups is 1. The summed E-state index contributed by atoms with van der Waals surface area (Å²) in [5.41, 5.74) is 2.45. The summed E-state index contributed by atoms with van der Waals surface area (Å²) in [6.07, 6.45) is 0. The zero-order valence-electron chi connectivity index (χ0n) is 11.3. The van der Waals surface area contributed by atoms with Crippen LogP contribution in [0.1, 0.15) is 33.3 Å². The van der Waals surface area contributed by atoms with Crippen LogP contribution in [0.25, 0.3) is 0 Å². The van der Waals surface area contributed by atoms with E-state index in [-0.39, 0.29) is 5.41 Å². The molecule has 0 saturated carbocycles. The summed E-state index contributed by atoms with van der Waals surface area (Å²) < 4.78 is 0. The van der Waals surface area contributed by atoms with E-state index in [4.69, 9.17) is 12.2 Å². The Labute approximate surface area is 110 Å². The summed E-state index contributed by atoms with van der Waals surface area (Å²) in [5, 5.41) is 7.23. The number of hydrogen-bond donors (Lipinski definition) is 2. The van der Waals surface area contributed by atoms with Gasteiger partial charge >= 0.3 is 0 Å². The van der Waals surface area contributed by atoms with E-state index in [1.807, 2.05) is 18.2 Å². The molecule has 2 nitrogen and oxygen atoms in total. The Bertz CT molecular complexity index is 393. The fraction of sp³-hybridized carbons (Fsp3) is 0.500. The van der Waals surface area contributed by atoms with Crippen LogP contribution in [0.4, 0.5) is 5.69 Å². The monoisotopic (exact) mass is 250 g/mol. The highest BCUT2D eigenvalue weighted by Crippen LogP contribution is 2.19. The molecule has 0 heterocycles. The van der Waals surface area contributed by atoms with Gasteiger partial charge in [0.1, 0.15) is 0 Å². The minimum atomic E-state index is 0.192. The van der Waals surface area contributed by atoms with Gasteiger partial charge in [0.05, 0.1) is 0 Å². The van der Waals surface area contributed by atoms with Crippen LogP contribution in [0.15, 0.2) is 24.3 Å². The summed E-state index contributed by atoms with van der Waals surface area (Å²) in [5.74, 6) is 0. The lowest BCUT2D eigenvalue weighted by Crippen LogP contribution is -2.43. The summed E-state index contributed by atoms with van der Waals surface area (Å²) in [6.45, 7) is 10.8. The first kappa shape index (κ1) is 14.0. The van der Waals surface area contributed by atoms with Crippen LogP contribution in [0.5, 0.6) is 0 Å². The molecular weight excluding hydrogens is 228 g/mol. The second-order valence-corrected chi connectivity index (χ2v) is 5.91. The third-order valence-corrected chi connectivity index (χ3v) is 3.26. The standard InChI is InChI=1S/C14H22N2S/c1-10-8-6-7-9-12(10)16-13(17)15-11(2)14(3,4)5/h6-9,11H,1-5H3,(H2,15,16,17). The first-order valence-electron chi connectivity index (χ1n) is 5.94. The highest BCUT2D eigenvalue weighted by atomic mass is 32.1. The van der Waals surface area contributed by atoms with Gasteiger partial charge in [0, 0.05) is 11.7 Å². The maximum Gasteiger partial charge on any atom is 0.171 e. The van der Waals surface area contributed by atoms with Gasteiger partial charge in [-0.1, -0.05) is 39.0 Å². The molecule has 1 atom stereocenters. The van der Waals surface area contributed by atoms with Crippen LogP contribution < -0.4 is 10.6 Å². The number of para-hydroxylation sites is 1. The number of nitrogens with one attached hydrogen (secondary N) is 2. The SMILES string of the molecule is Cc1ccccc1NC(=S)NC(C)C(C)(C)C. The quantitative estimate of drug-likeness (QED) is 0.782. The van der Waals surface area contributed by atoms with Gasteiger partial charge in [0.2, 0.25) is 0 Å². The third kappa shape index (κ3) is 4.35. The molecule has 1 aromatic rings.